The molecule has 7 heteroatoms. The Bertz CT molecular complexity index is 947. The molecule has 1 N–H and O–H groups in total. The monoisotopic (exact) mass is 395 g/mol. The summed E-state index contributed by atoms with van der Waals surface area (Å²) in [5, 5.41) is 11.7. The van der Waals surface area contributed by atoms with E-state index < -0.39 is 0 Å². The van der Waals surface area contributed by atoms with E-state index in [2.05, 4.69) is 24.8 Å². The van der Waals surface area contributed by atoms with Gasteiger partial charge < -0.3 is 5.32 Å². The number of thioether (sulfide) groups is 1. The fraction of sp³-hybridized carbons (Fsp3) is 0.381. The number of nitrogens with one attached hydrogen (secondary N) is 1. The van der Waals surface area contributed by atoms with E-state index >= 15 is 0 Å². The molecule has 1 fully saturated rings. The number of nitrogens with zero attached hydrogens (tertiary/aromatic N) is 4. The summed E-state index contributed by atoms with van der Waals surface area (Å²) < 4.78 is 2.08. The lowest BCUT2D eigenvalue weighted by Crippen LogP contribution is -2.45. The Morgan fingerprint density at radius 3 is 2.61 bits per heavy atom. The van der Waals surface area contributed by atoms with E-state index in [9.17, 15) is 4.79 Å². The highest BCUT2D eigenvalue weighted by Crippen LogP contribution is 2.28. The number of likely N-dealkylation sites (tertiary alicyclic amines) is 1. The number of pyridine rings is 1. The molecule has 1 aliphatic rings. The quantitative estimate of drug-likeness (QED) is 0.668. The summed E-state index contributed by atoms with van der Waals surface area (Å²) in [6.07, 6.45) is 6.03. The first-order chi connectivity index (χ1) is 13.7. The molecular weight excluding hydrogens is 370 g/mol. The highest BCUT2D eigenvalue weighted by Gasteiger charge is 2.29. The Hall–Kier alpha value is -2.38. The highest BCUT2D eigenvalue weighted by molar-refractivity contribution is 7.98. The zero-order chi connectivity index (χ0) is 19.5. The average molecular weight is 396 g/mol. The van der Waals surface area contributed by atoms with Crippen LogP contribution in [-0.4, -0.2) is 50.8 Å². The third-order valence-electron chi connectivity index (χ3n) is 5.52. The summed E-state index contributed by atoms with van der Waals surface area (Å²) >= 11 is 1.69. The third kappa shape index (κ3) is 3.91. The molecule has 0 bridgehead atoms. The molecule has 3 heterocycles. The second-order valence-electron chi connectivity index (χ2n) is 7.19. The number of carbonyl (C=O) groups is 1. The van der Waals surface area contributed by atoms with Crippen LogP contribution in [0.3, 0.4) is 0 Å². The second-order valence-corrected chi connectivity index (χ2v) is 8.07. The molecule has 0 unspecified atom stereocenters. The number of amides is 1. The van der Waals surface area contributed by atoms with Gasteiger partial charge in [0.25, 0.3) is 0 Å². The molecule has 0 spiro atoms. The van der Waals surface area contributed by atoms with Gasteiger partial charge in [-0.15, -0.1) is 22.0 Å². The van der Waals surface area contributed by atoms with Crippen LogP contribution < -0.4 is 5.32 Å². The van der Waals surface area contributed by atoms with Crippen LogP contribution in [0.1, 0.15) is 31.5 Å². The van der Waals surface area contributed by atoms with Gasteiger partial charge >= 0.3 is 0 Å². The van der Waals surface area contributed by atoms with E-state index in [-0.39, 0.29) is 11.9 Å². The minimum absolute atomic E-state index is 0.0447. The van der Waals surface area contributed by atoms with Crippen molar-refractivity contribution in [3.63, 3.8) is 0 Å². The Balaban J connectivity index is 1.35. The van der Waals surface area contributed by atoms with Crippen molar-refractivity contribution in [1.82, 2.24) is 19.5 Å². The van der Waals surface area contributed by atoms with Gasteiger partial charge in [-0.1, -0.05) is 6.07 Å². The molecule has 2 aromatic heterocycles. The largest absolute Gasteiger partial charge is 0.325 e. The number of hydrogen-bond donors (Lipinski definition) is 1. The second kappa shape index (κ2) is 8.32. The minimum atomic E-state index is -0.156. The number of carbonyl (C=O) groups excluding carboxylic acids is 1. The Kier molecular flexibility index (Phi) is 5.64. The molecule has 6 nitrogen and oxygen atoms in total. The number of aromatic nitrogens is 3. The maximum absolute atomic E-state index is 12.7. The van der Waals surface area contributed by atoms with Crippen LogP contribution >= 0.6 is 11.8 Å². The zero-order valence-corrected chi connectivity index (χ0v) is 17.0. The molecule has 28 heavy (non-hydrogen) atoms. The summed E-state index contributed by atoms with van der Waals surface area (Å²) in [7, 11) is 0. The summed E-state index contributed by atoms with van der Waals surface area (Å²) in [5.41, 5.74) is 1.74. The number of hydrogen-bond acceptors (Lipinski definition) is 5. The predicted octanol–water partition coefficient (Wildman–Crippen LogP) is 3.66. The third-order valence-corrected chi connectivity index (χ3v) is 6.26. The first-order valence-electron chi connectivity index (χ1n) is 9.64. The molecule has 146 valence electrons. The fourth-order valence-corrected chi connectivity index (χ4v) is 4.18. The van der Waals surface area contributed by atoms with Crippen molar-refractivity contribution < 1.29 is 4.79 Å². The Morgan fingerprint density at radius 1 is 1.14 bits per heavy atom. The Morgan fingerprint density at radius 2 is 1.89 bits per heavy atom. The molecule has 3 aromatic rings. The standard InChI is InChI=1S/C21H25N5OS/c1-15(21(27)22-17-6-8-18(28-2)9-7-17)25-13-10-16(11-14-25)20-24-23-19-5-3-4-12-26(19)20/h3-9,12,15-16H,10-11,13-14H2,1-2H3,(H,22,27)/t15-/m1/s1. The van der Waals surface area contributed by atoms with Gasteiger partial charge in [0.1, 0.15) is 5.82 Å². The van der Waals surface area contributed by atoms with E-state index in [0.29, 0.717) is 5.92 Å². The molecule has 0 saturated carbocycles. The fourth-order valence-electron chi connectivity index (χ4n) is 3.77. The summed E-state index contributed by atoms with van der Waals surface area (Å²) in [5.74, 6) is 1.45. The van der Waals surface area contributed by atoms with Crippen molar-refractivity contribution in [1.29, 1.82) is 0 Å². The van der Waals surface area contributed by atoms with Crippen molar-refractivity contribution in [3.8, 4) is 0 Å². The normalized spacial score (nSPS) is 16.9. The first-order valence-corrected chi connectivity index (χ1v) is 10.9. The SMILES string of the molecule is CSc1ccc(NC(=O)[C@@H](C)N2CCC(c3nnc4ccccn34)CC2)cc1. The van der Waals surface area contributed by atoms with Crippen molar-refractivity contribution in [2.24, 2.45) is 0 Å². The van der Waals surface area contributed by atoms with Crippen molar-refractivity contribution >= 4 is 29.0 Å². The Labute approximate surface area is 169 Å². The van der Waals surface area contributed by atoms with Crippen LogP contribution in [0.2, 0.25) is 0 Å². The topological polar surface area (TPSA) is 62.5 Å². The van der Waals surface area contributed by atoms with Gasteiger partial charge in [0.15, 0.2) is 5.65 Å². The predicted molar refractivity (Wildman–Crippen MR) is 113 cm³/mol. The molecular formula is C21H25N5OS. The molecule has 1 aromatic carbocycles. The van der Waals surface area contributed by atoms with E-state index in [0.717, 1.165) is 43.1 Å². The van der Waals surface area contributed by atoms with Gasteiger partial charge in [0.05, 0.1) is 6.04 Å². The number of rotatable bonds is 5. The van der Waals surface area contributed by atoms with Gasteiger partial charge in [-0.05, 0) is 75.5 Å². The lowest BCUT2D eigenvalue weighted by Gasteiger charge is -2.34. The number of anilines is 1. The van der Waals surface area contributed by atoms with Gasteiger partial charge in [-0.3, -0.25) is 14.1 Å². The van der Waals surface area contributed by atoms with E-state index in [1.807, 2.05) is 61.8 Å². The van der Waals surface area contributed by atoms with Crippen molar-refractivity contribution in [2.75, 3.05) is 24.7 Å². The van der Waals surface area contributed by atoms with Crippen LogP contribution in [0.25, 0.3) is 5.65 Å². The van der Waals surface area contributed by atoms with Crippen LogP contribution in [0, 0.1) is 0 Å². The van der Waals surface area contributed by atoms with Crippen molar-refractivity contribution in [3.05, 3.63) is 54.5 Å². The molecule has 0 radical (unpaired) electrons. The minimum Gasteiger partial charge on any atom is -0.325 e. The first kappa shape index (κ1) is 19.0. The maximum atomic E-state index is 12.7. The lowest BCUT2D eigenvalue weighted by molar-refractivity contribution is -0.121. The molecule has 0 aliphatic carbocycles. The van der Waals surface area contributed by atoms with Crippen LogP contribution in [0.5, 0.6) is 0 Å². The van der Waals surface area contributed by atoms with Gasteiger partial charge in [-0.25, -0.2) is 0 Å². The summed E-state index contributed by atoms with van der Waals surface area (Å²) in [6, 6.07) is 13.8. The smallest absolute Gasteiger partial charge is 0.241 e. The van der Waals surface area contributed by atoms with E-state index in [1.165, 1.54) is 4.90 Å². The van der Waals surface area contributed by atoms with Gasteiger partial charge in [-0.2, -0.15) is 0 Å². The molecule has 1 amide bonds. The number of fused-ring (bicyclic) bond motifs is 1. The molecule has 1 saturated heterocycles. The van der Waals surface area contributed by atoms with Crippen LogP contribution in [-0.2, 0) is 4.79 Å². The van der Waals surface area contributed by atoms with Crippen molar-refractivity contribution in [2.45, 2.75) is 36.6 Å². The van der Waals surface area contributed by atoms with E-state index in [1.54, 1.807) is 11.8 Å². The average Bonchev–Trinajstić information content (AvgIpc) is 3.18. The molecule has 1 atom stereocenters. The number of benzene rings is 1. The zero-order valence-electron chi connectivity index (χ0n) is 16.2. The van der Waals surface area contributed by atoms with E-state index in [4.69, 9.17) is 0 Å². The van der Waals surface area contributed by atoms with Crippen LogP contribution in [0.4, 0.5) is 5.69 Å². The maximum Gasteiger partial charge on any atom is 0.241 e. The highest BCUT2D eigenvalue weighted by atomic mass is 32.2. The van der Waals surface area contributed by atoms with Gasteiger partial charge in [0.2, 0.25) is 5.91 Å². The summed E-state index contributed by atoms with van der Waals surface area (Å²) in [6.45, 7) is 3.75. The molecule has 1 aliphatic heterocycles. The van der Waals surface area contributed by atoms with Crippen LogP contribution in [0.15, 0.2) is 53.6 Å². The molecule has 4 rings (SSSR count). The van der Waals surface area contributed by atoms with Gasteiger partial charge in [0, 0.05) is 22.7 Å². The number of piperidine rings is 1. The summed E-state index contributed by atoms with van der Waals surface area (Å²) in [4.78, 5) is 16.1. The lowest BCUT2D eigenvalue weighted by atomic mass is 9.95.